The predicted molar refractivity (Wildman–Crippen MR) is 72.7 cm³/mol. The van der Waals surface area contributed by atoms with Crippen LogP contribution in [0.15, 0.2) is 24.4 Å². The van der Waals surface area contributed by atoms with Gasteiger partial charge in [0.25, 0.3) is 0 Å². The van der Waals surface area contributed by atoms with Gasteiger partial charge < -0.3 is 0 Å². The van der Waals surface area contributed by atoms with Gasteiger partial charge in [0.15, 0.2) is 5.78 Å². The molecule has 0 unspecified atom stereocenters. The van der Waals surface area contributed by atoms with Crippen molar-refractivity contribution >= 4 is 5.78 Å². The second-order valence-corrected chi connectivity index (χ2v) is 4.47. The van der Waals surface area contributed by atoms with Crippen molar-refractivity contribution in [3.05, 3.63) is 41.3 Å². The van der Waals surface area contributed by atoms with Gasteiger partial charge in [-0.15, -0.1) is 0 Å². The zero-order valence-electron chi connectivity index (χ0n) is 11.4. The molecule has 2 aromatic rings. The molecule has 4 heteroatoms. The van der Waals surface area contributed by atoms with Crippen molar-refractivity contribution in [1.82, 2.24) is 9.78 Å². The van der Waals surface area contributed by atoms with Crippen LogP contribution in [-0.2, 0) is 13.0 Å². The zero-order valence-corrected chi connectivity index (χ0v) is 11.4. The fourth-order valence-electron chi connectivity index (χ4n) is 2.19. The summed E-state index contributed by atoms with van der Waals surface area (Å²) in [7, 11) is 0. The molecule has 1 heterocycles. The maximum absolute atomic E-state index is 13.7. The lowest BCUT2D eigenvalue weighted by Gasteiger charge is -2.09. The smallest absolute Gasteiger partial charge is 0.159 e. The number of carbonyl (C=O) groups is 1. The highest BCUT2D eigenvalue weighted by Gasteiger charge is 2.14. The highest BCUT2D eigenvalue weighted by molar-refractivity contribution is 5.95. The molecule has 2 rings (SSSR count). The van der Waals surface area contributed by atoms with Crippen LogP contribution in [0, 0.1) is 5.82 Å². The molecule has 1 aromatic heterocycles. The first-order valence-corrected chi connectivity index (χ1v) is 6.43. The summed E-state index contributed by atoms with van der Waals surface area (Å²) in [5.41, 5.74) is 3.05. The van der Waals surface area contributed by atoms with Crippen molar-refractivity contribution < 1.29 is 9.18 Å². The van der Waals surface area contributed by atoms with Gasteiger partial charge in [-0.2, -0.15) is 5.10 Å². The standard InChI is InChI=1S/C15H17FN2O/c1-4-11-9-17-18(5-2)15(11)13-6-12(10(3)19)7-14(16)8-13/h6-9H,4-5H2,1-3H3. The van der Waals surface area contributed by atoms with Crippen molar-refractivity contribution in [2.45, 2.75) is 33.7 Å². The number of benzene rings is 1. The molecule has 0 amide bonds. The van der Waals surface area contributed by atoms with E-state index in [-0.39, 0.29) is 5.78 Å². The fraction of sp³-hybridized carbons (Fsp3) is 0.333. The van der Waals surface area contributed by atoms with Crippen LogP contribution in [-0.4, -0.2) is 15.6 Å². The van der Waals surface area contributed by atoms with Crippen LogP contribution < -0.4 is 0 Å². The number of hydrogen-bond acceptors (Lipinski definition) is 2. The van der Waals surface area contributed by atoms with E-state index in [4.69, 9.17) is 0 Å². The molecule has 0 bridgehead atoms. The molecule has 0 fully saturated rings. The summed E-state index contributed by atoms with van der Waals surface area (Å²) in [6.07, 6.45) is 2.62. The van der Waals surface area contributed by atoms with Crippen LogP contribution in [0.2, 0.25) is 0 Å². The quantitative estimate of drug-likeness (QED) is 0.789. The first kappa shape index (κ1) is 13.5. The normalized spacial score (nSPS) is 10.7. The Morgan fingerprint density at radius 1 is 1.32 bits per heavy atom. The van der Waals surface area contributed by atoms with Gasteiger partial charge in [0.1, 0.15) is 5.82 Å². The summed E-state index contributed by atoms with van der Waals surface area (Å²) in [6.45, 7) is 6.17. The molecular weight excluding hydrogens is 243 g/mol. The Morgan fingerprint density at radius 2 is 2.05 bits per heavy atom. The molecule has 0 saturated heterocycles. The lowest BCUT2D eigenvalue weighted by molar-refractivity contribution is 0.101. The molecule has 0 aliphatic carbocycles. The molecule has 100 valence electrons. The monoisotopic (exact) mass is 260 g/mol. The summed E-state index contributed by atoms with van der Waals surface area (Å²) >= 11 is 0. The Hall–Kier alpha value is -1.97. The summed E-state index contributed by atoms with van der Waals surface area (Å²) in [6, 6.07) is 4.45. The van der Waals surface area contributed by atoms with Crippen LogP contribution in [0.3, 0.4) is 0 Å². The molecule has 0 spiro atoms. The van der Waals surface area contributed by atoms with E-state index in [9.17, 15) is 9.18 Å². The Labute approximate surface area is 112 Å². The van der Waals surface area contributed by atoms with Crippen molar-refractivity contribution in [3.63, 3.8) is 0 Å². The van der Waals surface area contributed by atoms with Crippen LogP contribution in [0.25, 0.3) is 11.3 Å². The van der Waals surface area contributed by atoms with Gasteiger partial charge in [0.05, 0.1) is 11.9 Å². The summed E-state index contributed by atoms with van der Waals surface area (Å²) < 4.78 is 15.5. The number of nitrogens with zero attached hydrogens (tertiary/aromatic N) is 2. The topological polar surface area (TPSA) is 34.9 Å². The maximum atomic E-state index is 13.7. The molecule has 1 aromatic carbocycles. The SMILES string of the molecule is CCc1cnn(CC)c1-c1cc(F)cc(C(C)=O)c1. The van der Waals surface area contributed by atoms with E-state index >= 15 is 0 Å². The summed E-state index contributed by atoms with van der Waals surface area (Å²) in [4.78, 5) is 11.4. The highest BCUT2D eigenvalue weighted by atomic mass is 19.1. The predicted octanol–water partition coefficient (Wildman–Crippen LogP) is 3.47. The number of aryl methyl sites for hydroxylation is 2. The van der Waals surface area contributed by atoms with E-state index in [0.29, 0.717) is 17.7 Å². The average molecular weight is 260 g/mol. The molecule has 3 nitrogen and oxygen atoms in total. The minimum Gasteiger partial charge on any atom is -0.295 e. The van der Waals surface area contributed by atoms with E-state index in [1.807, 2.05) is 18.5 Å². The summed E-state index contributed by atoms with van der Waals surface area (Å²) in [5.74, 6) is -0.532. The molecule has 0 N–H and O–H groups in total. The number of Topliss-reactive ketones (excluding diaryl/α,β-unsaturated/α-hetero) is 1. The lowest BCUT2D eigenvalue weighted by Crippen LogP contribution is -2.02. The largest absolute Gasteiger partial charge is 0.295 e. The Kier molecular flexibility index (Phi) is 3.79. The zero-order chi connectivity index (χ0) is 14.0. The third-order valence-electron chi connectivity index (χ3n) is 3.17. The first-order valence-electron chi connectivity index (χ1n) is 6.43. The maximum Gasteiger partial charge on any atom is 0.159 e. The molecule has 0 aliphatic heterocycles. The van der Waals surface area contributed by atoms with Crippen LogP contribution in [0.4, 0.5) is 4.39 Å². The Balaban J connectivity index is 2.64. The Bertz CT molecular complexity index is 595. The number of ketones is 1. The average Bonchev–Trinajstić information content (AvgIpc) is 2.80. The van der Waals surface area contributed by atoms with Gasteiger partial charge in [0, 0.05) is 17.7 Å². The van der Waals surface area contributed by atoms with Crippen molar-refractivity contribution in [1.29, 1.82) is 0 Å². The number of hydrogen-bond donors (Lipinski definition) is 0. The molecular formula is C15H17FN2O. The molecule has 19 heavy (non-hydrogen) atoms. The van der Waals surface area contributed by atoms with Crippen LogP contribution >= 0.6 is 0 Å². The molecule has 0 saturated carbocycles. The van der Waals surface area contributed by atoms with E-state index in [2.05, 4.69) is 5.10 Å². The first-order chi connectivity index (χ1) is 9.06. The van der Waals surface area contributed by atoms with Gasteiger partial charge in [-0.1, -0.05) is 6.92 Å². The number of aromatic nitrogens is 2. The van der Waals surface area contributed by atoms with Gasteiger partial charge in [-0.05, 0) is 44.0 Å². The summed E-state index contributed by atoms with van der Waals surface area (Å²) in [5, 5.41) is 4.30. The van der Waals surface area contributed by atoms with Crippen molar-refractivity contribution in [2.75, 3.05) is 0 Å². The van der Waals surface area contributed by atoms with E-state index < -0.39 is 5.82 Å². The van der Waals surface area contributed by atoms with E-state index in [1.165, 1.54) is 19.1 Å². The van der Waals surface area contributed by atoms with Crippen molar-refractivity contribution in [2.24, 2.45) is 0 Å². The van der Waals surface area contributed by atoms with E-state index in [1.54, 1.807) is 12.3 Å². The second-order valence-electron chi connectivity index (χ2n) is 4.47. The molecule has 0 atom stereocenters. The number of halogens is 1. The van der Waals surface area contributed by atoms with Gasteiger partial charge in [-0.25, -0.2) is 4.39 Å². The number of rotatable bonds is 4. The molecule has 0 radical (unpaired) electrons. The van der Waals surface area contributed by atoms with Crippen LogP contribution in [0.5, 0.6) is 0 Å². The van der Waals surface area contributed by atoms with Crippen molar-refractivity contribution in [3.8, 4) is 11.3 Å². The fourth-order valence-corrected chi connectivity index (χ4v) is 2.19. The third-order valence-corrected chi connectivity index (χ3v) is 3.17. The van der Waals surface area contributed by atoms with Gasteiger partial charge in [-0.3, -0.25) is 9.48 Å². The molecule has 0 aliphatic rings. The van der Waals surface area contributed by atoms with Gasteiger partial charge in [0.2, 0.25) is 0 Å². The van der Waals surface area contributed by atoms with Crippen LogP contribution in [0.1, 0.15) is 36.7 Å². The minimum absolute atomic E-state index is 0.138. The Morgan fingerprint density at radius 3 is 2.63 bits per heavy atom. The second kappa shape index (κ2) is 5.34. The lowest BCUT2D eigenvalue weighted by atomic mass is 10.0. The minimum atomic E-state index is -0.395. The third kappa shape index (κ3) is 2.57. The van der Waals surface area contributed by atoms with Gasteiger partial charge >= 0.3 is 0 Å². The number of carbonyl (C=O) groups excluding carboxylic acids is 1. The highest BCUT2D eigenvalue weighted by Crippen LogP contribution is 2.26. The van der Waals surface area contributed by atoms with E-state index in [0.717, 1.165) is 17.7 Å².